The molecule has 0 N–H and O–H groups in total. The second kappa shape index (κ2) is 10.3. The van der Waals surface area contributed by atoms with Crippen molar-refractivity contribution in [1.29, 1.82) is 5.26 Å². The Hall–Kier alpha value is -6.58. The van der Waals surface area contributed by atoms with Crippen molar-refractivity contribution in [2.24, 2.45) is 0 Å². The highest BCUT2D eigenvalue weighted by Gasteiger charge is 2.21. The molecule has 0 saturated carbocycles. The van der Waals surface area contributed by atoms with Crippen molar-refractivity contribution in [2.45, 2.75) is 0 Å². The van der Waals surface area contributed by atoms with Crippen molar-refractivity contribution in [2.75, 3.05) is 0 Å². The maximum atomic E-state index is 10.6. The van der Waals surface area contributed by atoms with Crippen LogP contribution in [0.3, 0.4) is 0 Å². The number of hydrogen-bond acceptors (Lipinski definition) is 5. The van der Waals surface area contributed by atoms with Gasteiger partial charge in [0.05, 0.1) is 27.7 Å². The number of hydrogen-bond donors (Lipinski definition) is 0. The second-order valence-electron chi connectivity index (χ2n) is 11.2. The van der Waals surface area contributed by atoms with E-state index in [1.807, 2.05) is 115 Å². The van der Waals surface area contributed by atoms with Crippen LogP contribution in [0.1, 0.15) is 5.56 Å². The van der Waals surface area contributed by atoms with E-state index in [1.165, 1.54) is 0 Å². The first kappa shape index (κ1) is 25.9. The fourth-order valence-electron chi connectivity index (χ4n) is 6.41. The molecule has 6 heteroatoms. The summed E-state index contributed by atoms with van der Waals surface area (Å²) in [5, 5.41) is 14.9. The minimum absolute atomic E-state index is 0.501. The number of aromatic nitrogens is 4. The average Bonchev–Trinajstić information content (AvgIpc) is 3.67. The molecule has 6 aromatic carbocycles. The number of fused-ring (bicyclic) bond motifs is 7. The Balaban J connectivity index is 1.30. The van der Waals surface area contributed by atoms with E-state index in [4.69, 9.17) is 19.4 Å². The third-order valence-corrected chi connectivity index (χ3v) is 8.49. The first-order chi connectivity index (χ1) is 22.8. The smallest absolute Gasteiger partial charge is 0.164 e. The molecule has 9 aromatic rings. The molecule has 6 nitrogen and oxygen atoms in total. The van der Waals surface area contributed by atoms with E-state index >= 15 is 0 Å². The highest BCUT2D eigenvalue weighted by molar-refractivity contribution is 6.24. The zero-order chi connectivity index (χ0) is 30.6. The fourth-order valence-corrected chi connectivity index (χ4v) is 6.41. The summed E-state index contributed by atoms with van der Waals surface area (Å²) in [4.78, 5) is 14.6. The molecular formula is C40H23N5O. The lowest BCUT2D eigenvalue weighted by Crippen LogP contribution is -2.02. The molecule has 0 aliphatic rings. The maximum absolute atomic E-state index is 10.6. The van der Waals surface area contributed by atoms with Crippen molar-refractivity contribution in [3.8, 4) is 45.9 Å². The van der Waals surface area contributed by atoms with Crippen LogP contribution in [0.25, 0.3) is 83.6 Å². The summed E-state index contributed by atoms with van der Waals surface area (Å²) in [7, 11) is 0. The van der Waals surface area contributed by atoms with Crippen LogP contribution < -0.4 is 0 Å². The van der Waals surface area contributed by atoms with E-state index in [1.54, 1.807) is 0 Å². The van der Waals surface area contributed by atoms with Gasteiger partial charge in [-0.25, -0.2) is 15.0 Å². The molecule has 0 fully saturated rings. The van der Waals surface area contributed by atoms with Crippen molar-refractivity contribution in [3.63, 3.8) is 0 Å². The lowest BCUT2D eigenvalue weighted by atomic mass is 10.1. The molecule has 0 radical (unpaired) electrons. The maximum Gasteiger partial charge on any atom is 0.164 e. The zero-order valence-corrected chi connectivity index (χ0v) is 24.4. The van der Waals surface area contributed by atoms with E-state index in [9.17, 15) is 5.26 Å². The van der Waals surface area contributed by atoms with Crippen molar-refractivity contribution >= 4 is 43.7 Å². The number of nitriles is 1. The Morgan fingerprint density at radius 3 is 1.83 bits per heavy atom. The van der Waals surface area contributed by atoms with Gasteiger partial charge in [-0.3, -0.25) is 0 Å². The molecule has 0 unspecified atom stereocenters. The van der Waals surface area contributed by atoms with Gasteiger partial charge in [0, 0.05) is 32.8 Å². The van der Waals surface area contributed by atoms with Crippen LogP contribution in [-0.4, -0.2) is 19.5 Å². The largest absolute Gasteiger partial charge is 0.456 e. The van der Waals surface area contributed by atoms with Crippen LogP contribution in [0.15, 0.2) is 144 Å². The van der Waals surface area contributed by atoms with Crippen LogP contribution in [0.2, 0.25) is 0 Å². The third-order valence-electron chi connectivity index (χ3n) is 8.49. The number of nitrogens with zero attached hydrogens (tertiary/aromatic N) is 5. The van der Waals surface area contributed by atoms with Gasteiger partial charge in [-0.2, -0.15) is 5.26 Å². The monoisotopic (exact) mass is 589 g/mol. The summed E-state index contributed by atoms with van der Waals surface area (Å²) in [5.41, 5.74) is 7.45. The van der Waals surface area contributed by atoms with Gasteiger partial charge < -0.3 is 8.98 Å². The van der Waals surface area contributed by atoms with E-state index in [-0.39, 0.29) is 0 Å². The first-order valence-corrected chi connectivity index (χ1v) is 15.0. The van der Waals surface area contributed by atoms with E-state index < -0.39 is 0 Å². The van der Waals surface area contributed by atoms with Gasteiger partial charge in [0.2, 0.25) is 0 Å². The van der Waals surface area contributed by atoms with E-state index in [2.05, 4.69) is 34.9 Å². The van der Waals surface area contributed by atoms with Gasteiger partial charge in [-0.1, -0.05) is 97.1 Å². The van der Waals surface area contributed by atoms with Gasteiger partial charge >= 0.3 is 0 Å². The molecule has 0 bridgehead atoms. The summed E-state index contributed by atoms with van der Waals surface area (Å²) in [6.07, 6.45) is 0. The van der Waals surface area contributed by atoms with Gasteiger partial charge in [0.15, 0.2) is 17.5 Å². The molecule has 214 valence electrons. The first-order valence-electron chi connectivity index (χ1n) is 15.0. The summed E-state index contributed by atoms with van der Waals surface area (Å²) in [6, 6.07) is 48.6. The van der Waals surface area contributed by atoms with Gasteiger partial charge in [0.25, 0.3) is 0 Å². The second-order valence-corrected chi connectivity index (χ2v) is 11.2. The number of furan rings is 1. The SMILES string of the molecule is N#Cc1cc(-c2nc(-c3ccccc3)nc(-c3ccccc3)n2)ccc1-n1c2ccccc2c2ccc3oc4ccccc4c3c21. The van der Waals surface area contributed by atoms with E-state index in [0.717, 1.165) is 66.1 Å². The molecule has 46 heavy (non-hydrogen) atoms. The van der Waals surface area contributed by atoms with Crippen molar-refractivity contribution < 1.29 is 4.42 Å². The molecule has 0 aliphatic heterocycles. The van der Waals surface area contributed by atoms with Crippen LogP contribution in [-0.2, 0) is 0 Å². The standard InChI is InChI=1S/C40H23N5O/c41-24-28-23-27(40-43-38(25-11-3-1-4-12-25)42-39(44-40)26-13-5-2-6-14-26)19-21-32(28)45-33-17-9-7-15-29(33)30-20-22-35-36(37(30)45)31-16-8-10-18-34(31)46-35/h1-23H. The Labute approximate surface area is 263 Å². The highest BCUT2D eigenvalue weighted by atomic mass is 16.3. The third kappa shape index (κ3) is 4.00. The normalized spacial score (nSPS) is 11.5. The van der Waals surface area contributed by atoms with Gasteiger partial charge in [-0.15, -0.1) is 0 Å². The average molecular weight is 590 g/mol. The molecule has 3 aromatic heterocycles. The van der Waals surface area contributed by atoms with Crippen LogP contribution >= 0.6 is 0 Å². The predicted molar refractivity (Wildman–Crippen MR) is 182 cm³/mol. The fraction of sp³-hybridized carbons (Fsp3) is 0. The molecular weight excluding hydrogens is 566 g/mol. The van der Waals surface area contributed by atoms with Gasteiger partial charge in [0.1, 0.15) is 17.2 Å². The Kier molecular flexibility index (Phi) is 5.77. The summed E-state index contributed by atoms with van der Waals surface area (Å²) < 4.78 is 8.47. The molecule has 0 saturated heterocycles. The van der Waals surface area contributed by atoms with E-state index in [0.29, 0.717) is 23.0 Å². The van der Waals surface area contributed by atoms with Crippen LogP contribution in [0.4, 0.5) is 0 Å². The van der Waals surface area contributed by atoms with Gasteiger partial charge in [-0.05, 0) is 42.5 Å². The summed E-state index contributed by atoms with van der Waals surface area (Å²) in [5.74, 6) is 1.65. The molecule has 3 heterocycles. The Bertz CT molecular complexity index is 2590. The predicted octanol–water partition coefficient (Wildman–Crippen LogP) is 9.74. The zero-order valence-electron chi connectivity index (χ0n) is 24.4. The van der Waals surface area contributed by atoms with Crippen LogP contribution in [0, 0.1) is 11.3 Å². The highest BCUT2D eigenvalue weighted by Crippen LogP contribution is 2.41. The van der Waals surface area contributed by atoms with Crippen LogP contribution in [0.5, 0.6) is 0 Å². The molecule has 9 rings (SSSR count). The Morgan fingerprint density at radius 2 is 1.13 bits per heavy atom. The van der Waals surface area contributed by atoms with Crippen molar-refractivity contribution in [3.05, 3.63) is 145 Å². The lowest BCUT2D eigenvalue weighted by Gasteiger charge is -2.13. The molecule has 0 amide bonds. The quantitative estimate of drug-likeness (QED) is 0.204. The molecule has 0 atom stereocenters. The minimum atomic E-state index is 0.501. The molecule has 0 spiro atoms. The number of para-hydroxylation sites is 2. The Morgan fingerprint density at radius 1 is 0.522 bits per heavy atom. The summed E-state index contributed by atoms with van der Waals surface area (Å²) in [6.45, 7) is 0. The lowest BCUT2D eigenvalue weighted by molar-refractivity contribution is 0.669. The molecule has 0 aliphatic carbocycles. The number of benzene rings is 6. The summed E-state index contributed by atoms with van der Waals surface area (Å²) >= 11 is 0. The topological polar surface area (TPSA) is 80.5 Å². The number of rotatable bonds is 4. The minimum Gasteiger partial charge on any atom is -0.456 e. The van der Waals surface area contributed by atoms with Crippen molar-refractivity contribution in [1.82, 2.24) is 19.5 Å².